The number of carboxylic acids is 1. The lowest BCUT2D eigenvalue weighted by Crippen LogP contribution is -2.47. The van der Waals surface area contributed by atoms with Crippen molar-refractivity contribution < 1.29 is 14.7 Å². The van der Waals surface area contributed by atoms with E-state index in [4.69, 9.17) is 10.8 Å². The summed E-state index contributed by atoms with van der Waals surface area (Å²) in [5, 5.41) is 10.6. The molecule has 0 aromatic carbocycles. The van der Waals surface area contributed by atoms with Gasteiger partial charge in [0.1, 0.15) is 6.04 Å². The van der Waals surface area contributed by atoms with Crippen molar-refractivity contribution in [3.05, 3.63) is 0 Å². The molecule has 4 N–H and O–H groups in total. The van der Waals surface area contributed by atoms with Crippen LogP contribution in [0.2, 0.25) is 0 Å². The fourth-order valence-electron chi connectivity index (χ4n) is 0.465. The van der Waals surface area contributed by atoms with E-state index in [0.29, 0.717) is 0 Å². The Balaban J connectivity index is 3.92. The zero-order valence-electron chi connectivity index (χ0n) is 6.65. The highest BCUT2D eigenvalue weighted by Crippen LogP contribution is 1.86. The Morgan fingerprint density at radius 1 is 1.67 bits per heavy atom. The fourth-order valence-corrected chi connectivity index (χ4v) is 0.631. The van der Waals surface area contributed by atoms with Gasteiger partial charge in [0.15, 0.2) is 0 Å². The predicted octanol–water partition coefficient (Wildman–Crippen LogP) is -1.17. The second-order valence-corrected chi connectivity index (χ2v) is 2.72. The van der Waals surface area contributed by atoms with E-state index < -0.39 is 24.0 Å². The van der Waals surface area contributed by atoms with Crippen LogP contribution in [0.15, 0.2) is 0 Å². The topological polar surface area (TPSA) is 92.4 Å². The largest absolute Gasteiger partial charge is 0.480 e. The molecule has 0 radical (unpaired) electrons. The molecule has 1 amide bonds. The number of carbonyl (C=O) groups is 2. The number of carboxylic acid groups (broad SMARTS) is 1. The van der Waals surface area contributed by atoms with Gasteiger partial charge >= 0.3 is 5.97 Å². The van der Waals surface area contributed by atoms with Crippen molar-refractivity contribution >= 4 is 24.5 Å². The Morgan fingerprint density at radius 2 is 2.17 bits per heavy atom. The van der Waals surface area contributed by atoms with Crippen LogP contribution >= 0.6 is 12.6 Å². The first kappa shape index (κ1) is 11.2. The maximum atomic E-state index is 10.9. The van der Waals surface area contributed by atoms with E-state index in [2.05, 4.69) is 17.9 Å². The first-order chi connectivity index (χ1) is 5.49. The maximum Gasteiger partial charge on any atom is 0.325 e. The zero-order chi connectivity index (χ0) is 9.72. The van der Waals surface area contributed by atoms with Gasteiger partial charge in [-0.05, 0) is 6.92 Å². The highest BCUT2D eigenvalue weighted by molar-refractivity contribution is 7.80. The number of nitrogens with one attached hydrogen (secondary N) is 1. The van der Waals surface area contributed by atoms with Crippen LogP contribution in [0.4, 0.5) is 0 Å². The van der Waals surface area contributed by atoms with Crippen LogP contribution in [-0.2, 0) is 9.59 Å². The van der Waals surface area contributed by atoms with Crippen molar-refractivity contribution in [2.45, 2.75) is 19.0 Å². The molecule has 0 aromatic rings. The molecule has 5 nitrogen and oxygen atoms in total. The minimum atomic E-state index is -1.09. The molecule has 0 saturated carbocycles. The molecular weight excluding hydrogens is 180 g/mol. The van der Waals surface area contributed by atoms with Crippen molar-refractivity contribution in [2.24, 2.45) is 5.73 Å². The molecule has 0 rings (SSSR count). The average Bonchev–Trinajstić information content (AvgIpc) is 2.02. The molecule has 6 heteroatoms. The standard InChI is InChI=1S/C6H12N2O3S/c1-3(6(10)11)8-5(9)4(7)2-12/h3-4,12H,2,7H2,1H3,(H,8,9)(H,10,11). The van der Waals surface area contributed by atoms with Gasteiger partial charge in [-0.3, -0.25) is 9.59 Å². The van der Waals surface area contributed by atoms with Gasteiger partial charge in [-0.15, -0.1) is 0 Å². The Morgan fingerprint density at radius 3 is 2.50 bits per heavy atom. The summed E-state index contributed by atoms with van der Waals surface area (Å²) >= 11 is 3.80. The number of carbonyl (C=O) groups excluding carboxylic acids is 1. The molecule has 0 spiro atoms. The molecule has 70 valence electrons. The lowest BCUT2D eigenvalue weighted by atomic mass is 10.3. The zero-order valence-corrected chi connectivity index (χ0v) is 7.54. The molecule has 0 aliphatic carbocycles. The summed E-state index contributed by atoms with van der Waals surface area (Å²) in [5.41, 5.74) is 5.28. The van der Waals surface area contributed by atoms with E-state index in [-0.39, 0.29) is 5.75 Å². The monoisotopic (exact) mass is 192 g/mol. The third-order valence-corrected chi connectivity index (χ3v) is 1.66. The van der Waals surface area contributed by atoms with Crippen LogP contribution < -0.4 is 11.1 Å². The first-order valence-electron chi connectivity index (χ1n) is 3.38. The van der Waals surface area contributed by atoms with E-state index in [0.717, 1.165) is 0 Å². The van der Waals surface area contributed by atoms with E-state index in [1.165, 1.54) is 6.92 Å². The summed E-state index contributed by atoms with van der Waals surface area (Å²) in [6.07, 6.45) is 0. The van der Waals surface area contributed by atoms with Crippen molar-refractivity contribution in [3.63, 3.8) is 0 Å². The summed E-state index contributed by atoms with van der Waals surface area (Å²) in [7, 11) is 0. The van der Waals surface area contributed by atoms with Gasteiger partial charge in [-0.1, -0.05) is 0 Å². The average molecular weight is 192 g/mol. The molecule has 0 aliphatic rings. The normalized spacial score (nSPS) is 14.9. The van der Waals surface area contributed by atoms with Gasteiger partial charge in [-0.25, -0.2) is 0 Å². The van der Waals surface area contributed by atoms with Crippen LogP contribution in [0.25, 0.3) is 0 Å². The van der Waals surface area contributed by atoms with Gasteiger partial charge < -0.3 is 16.2 Å². The lowest BCUT2D eigenvalue weighted by molar-refractivity contribution is -0.141. The van der Waals surface area contributed by atoms with Crippen LogP contribution in [-0.4, -0.2) is 34.8 Å². The van der Waals surface area contributed by atoms with Crippen molar-refractivity contribution in [1.29, 1.82) is 0 Å². The van der Waals surface area contributed by atoms with Gasteiger partial charge in [0, 0.05) is 5.75 Å². The van der Waals surface area contributed by atoms with Crippen molar-refractivity contribution in [3.8, 4) is 0 Å². The van der Waals surface area contributed by atoms with E-state index in [9.17, 15) is 9.59 Å². The Labute approximate surface area is 75.7 Å². The Hall–Kier alpha value is -0.750. The number of thiol groups is 1. The maximum absolute atomic E-state index is 10.9. The molecule has 0 aliphatic heterocycles. The van der Waals surface area contributed by atoms with Gasteiger partial charge in [0.2, 0.25) is 5.91 Å². The molecular formula is C6H12N2O3S. The third-order valence-electron chi connectivity index (χ3n) is 1.26. The SMILES string of the molecule is CC(NC(=O)C(N)CS)C(=O)O. The number of rotatable bonds is 4. The predicted molar refractivity (Wildman–Crippen MR) is 47.1 cm³/mol. The van der Waals surface area contributed by atoms with Crippen LogP contribution in [0.1, 0.15) is 6.92 Å². The highest BCUT2D eigenvalue weighted by Gasteiger charge is 2.17. The van der Waals surface area contributed by atoms with Crippen LogP contribution in [0.5, 0.6) is 0 Å². The van der Waals surface area contributed by atoms with Gasteiger partial charge in [0.05, 0.1) is 6.04 Å². The third kappa shape index (κ3) is 3.59. The van der Waals surface area contributed by atoms with E-state index in [1.807, 2.05) is 0 Å². The summed E-state index contributed by atoms with van der Waals surface area (Å²) < 4.78 is 0. The molecule has 2 atom stereocenters. The minimum absolute atomic E-state index is 0.193. The lowest BCUT2D eigenvalue weighted by Gasteiger charge is -2.12. The smallest absolute Gasteiger partial charge is 0.325 e. The number of hydrogen-bond acceptors (Lipinski definition) is 4. The number of hydrogen-bond donors (Lipinski definition) is 4. The van der Waals surface area contributed by atoms with E-state index in [1.54, 1.807) is 0 Å². The second kappa shape index (κ2) is 5.00. The van der Waals surface area contributed by atoms with Crippen LogP contribution in [0, 0.1) is 0 Å². The molecule has 0 fully saturated rings. The summed E-state index contributed by atoms with van der Waals surface area (Å²) in [4.78, 5) is 21.2. The molecule has 0 saturated heterocycles. The van der Waals surface area contributed by atoms with Gasteiger partial charge in [-0.2, -0.15) is 12.6 Å². The quantitative estimate of drug-likeness (QED) is 0.422. The molecule has 0 bridgehead atoms. The number of aliphatic carboxylic acids is 1. The Bertz CT molecular complexity index is 186. The number of nitrogens with two attached hydrogens (primary N) is 1. The van der Waals surface area contributed by atoms with Gasteiger partial charge in [0.25, 0.3) is 0 Å². The molecule has 12 heavy (non-hydrogen) atoms. The summed E-state index contributed by atoms with van der Waals surface area (Å²) in [6, 6.07) is -1.67. The first-order valence-corrected chi connectivity index (χ1v) is 4.02. The fraction of sp³-hybridized carbons (Fsp3) is 0.667. The minimum Gasteiger partial charge on any atom is -0.480 e. The van der Waals surface area contributed by atoms with Crippen molar-refractivity contribution in [1.82, 2.24) is 5.32 Å². The van der Waals surface area contributed by atoms with Crippen molar-refractivity contribution in [2.75, 3.05) is 5.75 Å². The van der Waals surface area contributed by atoms with E-state index >= 15 is 0 Å². The number of amides is 1. The molecule has 0 heterocycles. The second-order valence-electron chi connectivity index (χ2n) is 2.36. The summed E-state index contributed by atoms with van der Waals surface area (Å²) in [5.74, 6) is -1.40. The summed E-state index contributed by atoms with van der Waals surface area (Å²) in [6.45, 7) is 1.37. The highest BCUT2D eigenvalue weighted by atomic mass is 32.1. The van der Waals surface area contributed by atoms with Crippen LogP contribution in [0.3, 0.4) is 0 Å². The molecule has 2 unspecified atom stereocenters. The molecule has 0 aromatic heterocycles. The Kier molecular flexibility index (Phi) is 4.68.